The highest BCUT2D eigenvalue weighted by atomic mass is 16.6. The number of non-ortho nitro benzene ring substituents is 1. The van der Waals surface area contributed by atoms with Crippen LogP contribution in [0.1, 0.15) is 12.0 Å². The van der Waals surface area contributed by atoms with E-state index in [0.717, 1.165) is 0 Å². The van der Waals surface area contributed by atoms with E-state index in [0.29, 0.717) is 5.69 Å². The second-order valence-corrected chi connectivity index (χ2v) is 3.92. The number of aliphatic hydroxyl groups excluding tert-OH is 1. The summed E-state index contributed by atoms with van der Waals surface area (Å²) in [5.74, 6) is -0.564. The zero-order valence-electron chi connectivity index (χ0n) is 9.33. The van der Waals surface area contributed by atoms with Gasteiger partial charge >= 0.3 is 0 Å². The summed E-state index contributed by atoms with van der Waals surface area (Å²) in [6.07, 6.45) is -0.165. The summed E-state index contributed by atoms with van der Waals surface area (Å²) < 4.78 is 0. The number of nitro benzene ring substituents is 1. The topological polar surface area (TPSA) is 101 Å². The van der Waals surface area contributed by atoms with Gasteiger partial charge in [0.15, 0.2) is 5.78 Å². The van der Waals surface area contributed by atoms with Gasteiger partial charge in [-0.05, 0) is 6.07 Å². The lowest BCUT2D eigenvalue weighted by molar-refractivity contribution is -0.384. The van der Waals surface area contributed by atoms with Gasteiger partial charge in [0.25, 0.3) is 5.69 Å². The molecule has 1 heterocycles. The van der Waals surface area contributed by atoms with Gasteiger partial charge in [-0.2, -0.15) is 0 Å². The number of benzene rings is 1. The number of nitrogens with zero attached hydrogens (tertiary/aromatic N) is 2. The van der Waals surface area contributed by atoms with E-state index < -0.39 is 11.5 Å². The van der Waals surface area contributed by atoms with Gasteiger partial charge in [-0.15, -0.1) is 0 Å². The number of amides is 1. The lowest BCUT2D eigenvalue weighted by Gasteiger charge is -2.17. The molecular weight excluding hydrogens is 240 g/mol. The summed E-state index contributed by atoms with van der Waals surface area (Å²) in [6.45, 7) is -0.487. The fraction of sp³-hybridized carbons (Fsp3) is 0.273. The summed E-state index contributed by atoms with van der Waals surface area (Å²) >= 11 is 0. The van der Waals surface area contributed by atoms with Gasteiger partial charge in [-0.1, -0.05) is 0 Å². The number of aliphatic hydroxyl groups is 1. The first kappa shape index (κ1) is 12.2. The quantitative estimate of drug-likeness (QED) is 0.475. The van der Waals surface area contributed by atoms with Crippen molar-refractivity contribution in [1.29, 1.82) is 0 Å². The molecule has 1 aromatic rings. The number of hydrogen-bond acceptors (Lipinski definition) is 5. The molecule has 0 aromatic heterocycles. The molecule has 18 heavy (non-hydrogen) atoms. The maximum Gasteiger partial charge on any atom is 0.269 e. The maximum absolute atomic E-state index is 11.6. The molecule has 1 aliphatic rings. The Hall–Kier alpha value is -2.28. The van der Waals surface area contributed by atoms with E-state index in [1.165, 1.54) is 23.1 Å². The van der Waals surface area contributed by atoms with Crippen molar-refractivity contribution in [3.8, 4) is 0 Å². The van der Waals surface area contributed by atoms with Crippen molar-refractivity contribution in [3.63, 3.8) is 0 Å². The lowest BCUT2D eigenvalue weighted by Crippen LogP contribution is -2.25. The van der Waals surface area contributed by atoms with Gasteiger partial charge in [0.05, 0.1) is 30.2 Å². The smallest absolute Gasteiger partial charge is 0.269 e. The number of carbonyl (C=O) groups is 2. The molecule has 7 heteroatoms. The van der Waals surface area contributed by atoms with Crippen molar-refractivity contribution < 1.29 is 19.6 Å². The van der Waals surface area contributed by atoms with E-state index in [2.05, 4.69) is 0 Å². The highest BCUT2D eigenvalue weighted by Gasteiger charge is 2.30. The molecule has 1 saturated heterocycles. The molecule has 0 bridgehead atoms. The molecule has 7 nitrogen and oxygen atoms in total. The average Bonchev–Trinajstić information content (AvgIpc) is 2.67. The monoisotopic (exact) mass is 250 g/mol. The Kier molecular flexibility index (Phi) is 3.07. The lowest BCUT2D eigenvalue weighted by atomic mass is 10.1. The van der Waals surface area contributed by atoms with Crippen molar-refractivity contribution in [1.82, 2.24) is 0 Å². The molecule has 1 fully saturated rings. The number of carbonyl (C=O) groups excluding carboxylic acids is 2. The Morgan fingerprint density at radius 2 is 2.11 bits per heavy atom. The molecule has 0 aliphatic carbocycles. The third-order valence-corrected chi connectivity index (χ3v) is 2.72. The van der Waals surface area contributed by atoms with Crippen LogP contribution in [0.2, 0.25) is 0 Å². The van der Waals surface area contributed by atoms with Crippen molar-refractivity contribution in [3.05, 3.63) is 33.9 Å². The fourth-order valence-electron chi connectivity index (χ4n) is 1.88. The Morgan fingerprint density at radius 1 is 1.39 bits per heavy atom. The van der Waals surface area contributed by atoms with E-state index >= 15 is 0 Å². The van der Waals surface area contributed by atoms with Crippen LogP contribution in [0.15, 0.2) is 18.2 Å². The first-order valence-corrected chi connectivity index (χ1v) is 5.23. The zero-order chi connectivity index (χ0) is 13.3. The van der Waals surface area contributed by atoms with E-state index in [1.54, 1.807) is 0 Å². The van der Waals surface area contributed by atoms with Crippen molar-refractivity contribution in [2.75, 3.05) is 11.4 Å². The highest BCUT2D eigenvalue weighted by molar-refractivity contribution is 6.15. The largest absolute Gasteiger partial charge is 0.392 e. The minimum Gasteiger partial charge on any atom is -0.392 e. The minimum atomic E-state index is -0.583. The van der Waals surface area contributed by atoms with Gasteiger partial charge in [0, 0.05) is 17.7 Å². The zero-order valence-corrected chi connectivity index (χ0v) is 9.33. The van der Waals surface area contributed by atoms with Crippen LogP contribution in [-0.2, 0) is 16.2 Å². The average molecular weight is 250 g/mol. The van der Waals surface area contributed by atoms with Gasteiger partial charge in [-0.3, -0.25) is 19.7 Å². The molecule has 94 valence electrons. The summed E-state index contributed by atoms with van der Waals surface area (Å²) in [5.41, 5.74) is 0.437. The standard InChI is InChI=1S/C11H10N2O5/c14-6-7-3-8(13(17)18)1-2-10(7)12-5-9(15)4-11(12)16/h1-3,14H,4-6H2. The Labute approximate surface area is 102 Å². The van der Waals surface area contributed by atoms with Gasteiger partial charge in [-0.25, -0.2) is 0 Å². The summed E-state index contributed by atoms with van der Waals surface area (Å²) in [6, 6.07) is 3.82. The number of hydrogen-bond donors (Lipinski definition) is 1. The Bertz CT molecular complexity index is 540. The predicted molar refractivity (Wildman–Crippen MR) is 61.0 cm³/mol. The van der Waals surface area contributed by atoms with E-state index in [4.69, 9.17) is 0 Å². The van der Waals surface area contributed by atoms with Crippen LogP contribution in [0.25, 0.3) is 0 Å². The van der Waals surface area contributed by atoms with E-state index in [-0.39, 0.29) is 35.9 Å². The normalized spacial score (nSPS) is 15.3. The first-order chi connectivity index (χ1) is 8.52. The number of rotatable bonds is 3. The Balaban J connectivity index is 2.42. The van der Waals surface area contributed by atoms with Crippen LogP contribution in [0.3, 0.4) is 0 Å². The molecule has 1 aromatic carbocycles. The van der Waals surface area contributed by atoms with Crippen molar-refractivity contribution in [2.24, 2.45) is 0 Å². The molecule has 0 saturated carbocycles. The van der Waals surface area contributed by atoms with Crippen molar-refractivity contribution >= 4 is 23.1 Å². The third-order valence-electron chi connectivity index (χ3n) is 2.72. The molecule has 0 radical (unpaired) electrons. The number of anilines is 1. The molecule has 1 aliphatic heterocycles. The number of nitro groups is 1. The van der Waals surface area contributed by atoms with Gasteiger partial charge < -0.3 is 10.0 Å². The fourth-order valence-corrected chi connectivity index (χ4v) is 1.88. The SMILES string of the molecule is O=C1CC(=O)N(c2ccc([N+](=O)[O-])cc2CO)C1. The summed E-state index contributed by atoms with van der Waals surface area (Å²) in [7, 11) is 0. The third kappa shape index (κ3) is 2.07. The van der Waals surface area contributed by atoms with Crippen LogP contribution in [0, 0.1) is 10.1 Å². The first-order valence-electron chi connectivity index (χ1n) is 5.23. The second kappa shape index (κ2) is 4.53. The van der Waals surface area contributed by atoms with Crippen LogP contribution >= 0.6 is 0 Å². The van der Waals surface area contributed by atoms with Crippen LogP contribution in [-0.4, -0.2) is 28.3 Å². The molecular formula is C11H10N2O5. The number of Topliss-reactive ketones (excluding diaryl/α,β-unsaturated/α-hetero) is 1. The van der Waals surface area contributed by atoms with Crippen molar-refractivity contribution in [2.45, 2.75) is 13.0 Å². The van der Waals surface area contributed by atoms with Gasteiger partial charge in [0.1, 0.15) is 0 Å². The molecule has 2 rings (SSSR count). The Morgan fingerprint density at radius 3 is 2.61 bits per heavy atom. The summed E-state index contributed by atoms with van der Waals surface area (Å²) in [5, 5.41) is 19.8. The maximum atomic E-state index is 11.6. The van der Waals surface area contributed by atoms with Crippen LogP contribution in [0.5, 0.6) is 0 Å². The molecule has 0 spiro atoms. The van der Waals surface area contributed by atoms with Crippen LogP contribution < -0.4 is 4.90 Å². The molecule has 1 N–H and O–H groups in total. The highest BCUT2D eigenvalue weighted by Crippen LogP contribution is 2.28. The number of ketones is 1. The van der Waals surface area contributed by atoms with Crippen LogP contribution in [0.4, 0.5) is 11.4 Å². The molecule has 1 amide bonds. The van der Waals surface area contributed by atoms with E-state index in [9.17, 15) is 24.8 Å². The molecule has 0 atom stereocenters. The second-order valence-electron chi connectivity index (χ2n) is 3.92. The van der Waals surface area contributed by atoms with Gasteiger partial charge in [0.2, 0.25) is 5.91 Å². The predicted octanol–water partition coefficient (Wildman–Crippen LogP) is 0.393. The molecule has 0 unspecified atom stereocenters. The summed E-state index contributed by atoms with van der Waals surface area (Å²) in [4.78, 5) is 34.0. The minimum absolute atomic E-state index is 0.0519. The van der Waals surface area contributed by atoms with E-state index in [1.807, 2.05) is 0 Å².